The molecule has 2 heterocycles. The van der Waals surface area contributed by atoms with Gasteiger partial charge in [-0.1, -0.05) is 71.4 Å². The number of carbonyl (C=O) groups excluding carboxylic acids is 1. The molecule has 8 heteroatoms. The van der Waals surface area contributed by atoms with E-state index in [-0.39, 0.29) is 12.0 Å². The molecule has 0 saturated carbocycles. The number of benzene rings is 2. The molecule has 1 atom stereocenters. The van der Waals surface area contributed by atoms with Crippen LogP contribution in [0.3, 0.4) is 0 Å². The predicted octanol–water partition coefficient (Wildman–Crippen LogP) is 6.16. The van der Waals surface area contributed by atoms with E-state index in [9.17, 15) is 4.79 Å². The number of thioether (sulfide) groups is 1. The van der Waals surface area contributed by atoms with Crippen LogP contribution in [-0.4, -0.2) is 33.9 Å². The van der Waals surface area contributed by atoms with E-state index < -0.39 is 0 Å². The number of ether oxygens (including phenoxy) is 1. The van der Waals surface area contributed by atoms with E-state index in [4.69, 9.17) is 27.9 Å². The van der Waals surface area contributed by atoms with Gasteiger partial charge in [0.25, 0.3) is 0 Å². The number of para-hydroxylation sites is 1. The highest BCUT2D eigenvalue weighted by Gasteiger charge is 2.21. The van der Waals surface area contributed by atoms with Gasteiger partial charge in [-0.15, -0.1) is 0 Å². The molecule has 1 unspecified atom stereocenters. The molecule has 1 N–H and O–H groups in total. The molecule has 2 aromatic carbocycles. The highest BCUT2D eigenvalue weighted by molar-refractivity contribution is 7.99. The number of carbonyl (C=O) groups is 1. The van der Waals surface area contributed by atoms with Gasteiger partial charge < -0.3 is 14.6 Å². The summed E-state index contributed by atoms with van der Waals surface area (Å²) in [7, 11) is 0. The Morgan fingerprint density at radius 1 is 1.16 bits per heavy atom. The van der Waals surface area contributed by atoms with Crippen LogP contribution in [0, 0.1) is 0 Å². The topological polar surface area (TPSA) is 56.2 Å². The lowest BCUT2D eigenvalue weighted by molar-refractivity contribution is -0.115. The van der Waals surface area contributed by atoms with Gasteiger partial charge >= 0.3 is 0 Å². The lowest BCUT2D eigenvalue weighted by atomic mass is 10.1. The molecule has 0 radical (unpaired) electrons. The molecular formula is C23H23Cl2N3O2S. The van der Waals surface area contributed by atoms with E-state index in [1.54, 1.807) is 30.0 Å². The third-order valence-electron chi connectivity index (χ3n) is 5.09. The number of amides is 1. The van der Waals surface area contributed by atoms with Crippen molar-refractivity contribution in [2.45, 2.75) is 37.1 Å². The van der Waals surface area contributed by atoms with E-state index >= 15 is 0 Å². The quantitative estimate of drug-likeness (QED) is 0.396. The van der Waals surface area contributed by atoms with Gasteiger partial charge in [0.15, 0.2) is 5.16 Å². The summed E-state index contributed by atoms with van der Waals surface area (Å²) < 4.78 is 8.06. The monoisotopic (exact) mass is 475 g/mol. The molecule has 1 aromatic heterocycles. The highest BCUT2D eigenvalue weighted by atomic mass is 35.5. The second-order valence-electron chi connectivity index (χ2n) is 7.28. The highest BCUT2D eigenvalue weighted by Crippen LogP contribution is 2.31. The van der Waals surface area contributed by atoms with Crippen molar-refractivity contribution in [1.29, 1.82) is 0 Å². The minimum Gasteiger partial charge on any atom is -0.376 e. The van der Waals surface area contributed by atoms with Crippen LogP contribution in [0.5, 0.6) is 0 Å². The number of anilines is 1. The van der Waals surface area contributed by atoms with E-state index in [0.29, 0.717) is 27.9 Å². The number of imidazole rings is 1. The number of hydrogen-bond acceptors (Lipinski definition) is 4. The summed E-state index contributed by atoms with van der Waals surface area (Å²) >= 11 is 13.8. The average Bonchev–Trinajstić information content (AvgIpc) is 3.42. The lowest BCUT2D eigenvalue weighted by Crippen LogP contribution is -2.17. The molecule has 4 rings (SSSR count). The van der Waals surface area contributed by atoms with Crippen molar-refractivity contribution in [2.24, 2.45) is 0 Å². The van der Waals surface area contributed by atoms with Gasteiger partial charge in [0.1, 0.15) is 0 Å². The summed E-state index contributed by atoms with van der Waals surface area (Å²) in [6.07, 6.45) is 4.56. The fourth-order valence-electron chi connectivity index (χ4n) is 3.54. The van der Waals surface area contributed by atoms with Crippen LogP contribution in [0.1, 0.15) is 19.3 Å². The molecule has 1 saturated heterocycles. The van der Waals surface area contributed by atoms with Gasteiger partial charge in [-0.05, 0) is 30.5 Å². The fourth-order valence-corrected chi connectivity index (χ4v) is 4.95. The Kier molecular flexibility index (Phi) is 7.56. The molecular weight excluding hydrogens is 453 g/mol. The van der Waals surface area contributed by atoms with Gasteiger partial charge in [0.2, 0.25) is 5.91 Å². The third kappa shape index (κ3) is 5.63. The zero-order valence-corrected chi connectivity index (χ0v) is 19.2. The zero-order valence-electron chi connectivity index (χ0n) is 16.9. The van der Waals surface area contributed by atoms with Crippen molar-refractivity contribution < 1.29 is 9.53 Å². The molecule has 0 aliphatic carbocycles. The predicted molar refractivity (Wildman–Crippen MR) is 127 cm³/mol. The third-order valence-corrected chi connectivity index (χ3v) is 6.71. The van der Waals surface area contributed by atoms with Crippen molar-refractivity contribution in [3.05, 3.63) is 64.8 Å². The summed E-state index contributed by atoms with van der Waals surface area (Å²) in [5.41, 5.74) is 2.63. The normalized spacial score (nSPS) is 15.9. The smallest absolute Gasteiger partial charge is 0.225 e. The first-order valence-electron chi connectivity index (χ1n) is 10.2. The average molecular weight is 476 g/mol. The van der Waals surface area contributed by atoms with Crippen LogP contribution < -0.4 is 5.32 Å². The van der Waals surface area contributed by atoms with Gasteiger partial charge in [0, 0.05) is 18.8 Å². The number of hydrogen-bond donors (Lipinski definition) is 1. The first kappa shape index (κ1) is 22.2. The van der Waals surface area contributed by atoms with E-state index in [2.05, 4.69) is 27.0 Å². The Morgan fingerprint density at radius 2 is 1.94 bits per heavy atom. The van der Waals surface area contributed by atoms with Gasteiger partial charge in [0.05, 0.1) is 40.3 Å². The van der Waals surface area contributed by atoms with Gasteiger partial charge in [-0.2, -0.15) is 0 Å². The molecule has 1 amide bonds. The van der Waals surface area contributed by atoms with Crippen molar-refractivity contribution in [1.82, 2.24) is 9.55 Å². The zero-order chi connectivity index (χ0) is 21.6. The molecule has 31 heavy (non-hydrogen) atoms. The Morgan fingerprint density at radius 3 is 2.65 bits per heavy atom. The van der Waals surface area contributed by atoms with Gasteiger partial charge in [-0.25, -0.2) is 4.98 Å². The Balaban J connectivity index is 1.43. The first-order chi connectivity index (χ1) is 15.1. The summed E-state index contributed by atoms with van der Waals surface area (Å²) in [5, 5.41) is 4.54. The van der Waals surface area contributed by atoms with E-state index in [1.165, 1.54) is 0 Å². The minimum absolute atomic E-state index is 0.136. The van der Waals surface area contributed by atoms with Crippen LogP contribution in [-0.2, 0) is 16.1 Å². The van der Waals surface area contributed by atoms with Crippen molar-refractivity contribution in [3.63, 3.8) is 0 Å². The molecule has 0 bridgehead atoms. The maximum atomic E-state index is 12.4. The second-order valence-corrected chi connectivity index (χ2v) is 9.16. The maximum Gasteiger partial charge on any atom is 0.225 e. The molecule has 1 aliphatic rings. The molecule has 1 fully saturated rings. The number of halogens is 2. The summed E-state index contributed by atoms with van der Waals surface area (Å²) in [6, 6.07) is 15.4. The maximum absolute atomic E-state index is 12.4. The summed E-state index contributed by atoms with van der Waals surface area (Å²) in [6.45, 7) is 1.57. The number of nitrogens with one attached hydrogen (secondary N) is 1. The Hall–Kier alpha value is -1.99. The first-order valence-corrected chi connectivity index (χ1v) is 11.9. The van der Waals surface area contributed by atoms with E-state index in [1.807, 2.05) is 24.4 Å². The number of nitrogens with zero attached hydrogens (tertiary/aromatic N) is 2. The van der Waals surface area contributed by atoms with Crippen molar-refractivity contribution >= 4 is 46.6 Å². The number of rotatable bonds is 8. The second kappa shape index (κ2) is 10.6. The van der Waals surface area contributed by atoms with Gasteiger partial charge in [-0.3, -0.25) is 4.79 Å². The Labute approximate surface area is 196 Å². The molecule has 3 aromatic rings. The Bertz CT molecular complexity index is 1020. The van der Waals surface area contributed by atoms with Crippen LogP contribution in [0.25, 0.3) is 11.3 Å². The molecule has 162 valence electrons. The SMILES string of the molecule is O=C(CCSc1ncc(-c2ccccc2)n1CC1CCCO1)Nc1c(Cl)cccc1Cl. The van der Waals surface area contributed by atoms with Crippen LogP contribution in [0.4, 0.5) is 5.69 Å². The molecule has 1 aliphatic heterocycles. The largest absolute Gasteiger partial charge is 0.376 e. The van der Waals surface area contributed by atoms with E-state index in [0.717, 1.165) is 42.4 Å². The standard InChI is InChI=1S/C23H23Cl2N3O2S/c24-18-9-4-10-19(25)22(18)27-21(29)11-13-31-23-26-14-20(16-6-2-1-3-7-16)28(23)15-17-8-5-12-30-17/h1-4,6-7,9-10,14,17H,5,8,11-13,15H2,(H,27,29). The minimum atomic E-state index is -0.136. The lowest BCUT2D eigenvalue weighted by Gasteiger charge is -2.16. The van der Waals surface area contributed by atoms with Crippen LogP contribution in [0.2, 0.25) is 10.0 Å². The summed E-state index contributed by atoms with van der Waals surface area (Å²) in [5.74, 6) is 0.452. The van der Waals surface area contributed by atoms with Crippen molar-refractivity contribution in [3.8, 4) is 11.3 Å². The summed E-state index contributed by atoms with van der Waals surface area (Å²) in [4.78, 5) is 17.0. The molecule has 0 spiro atoms. The number of aromatic nitrogens is 2. The van der Waals surface area contributed by atoms with Crippen LogP contribution in [0.15, 0.2) is 59.9 Å². The van der Waals surface area contributed by atoms with Crippen molar-refractivity contribution in [2.75, 3.05) is 17.7 Å². The fraction of sp³-hybridized carbons (Fsp3) is 0.304. The molecule has 5 nitrogen and oxygen atoms in total. The van der Waals surface area contributed by atoms with Crippen LogP contribution >= 0.6 is 35.0 Å².